The van der Waals surface area contributed by atoms with Gasteiger partial charge in [0.15, 0.2) is 0 Å². The van der Waals surface area contributed by atoms with Gasteiger partial charge in [0, 0.05) is 17.8 Å². The number of nitrogens with zero attached hydrogens (tertiary/aromatic N) is 2. The summed E-state index contributed by atoms with van der Waals surface area (Å²) in [6, 6.07) is 9.97. The predicted octanol–water partition coefficient (Wildman–Crippen LogP) is 1.75. The molecule has 4 nitrogen and oxygen atoms in total. The van der Waals surface area contributed by atoms with Gasteiger partial charge in [-0.1, -0.05) is 31.2 Å². The fraction of sp³-hybridized carbons (Fsp3) is 0.231. The molecule has 1 heterocycles. The Kier molecular flexibility index (Phi) is 3.35. The van der Waals surface area contributed by atoms with Crippen LogP contribution in [-0.2, 0) is 13.0 Å². The van der Waals surface area contributed by atoms with Gasteiger partial charge in [0.25, 0.3) is 0 Å². The highest BCUT2D eigenvalue weighted by Crippen LogP contribution is 2.19. The zero-order chi connectivity index (χ0) is 12.3. The number of hydrogen-bond donors (Lipinski definition) is 2. The molecule has 4 heteroatoms. The zero-order valence-corrected chi connectivity index (χ0v) is 9.85. The van der Waals surface area contributed by atoms with E-state index in [1.54, 1.807) is 0 Å². The maximum Gasteiger partial charge on any atom is 0.220 e. The lowest BCUT2D eigenvalue weighted by Gasteiger charge is -2.05. The Morgan fingerprint density at radius 1 is 1.12 bits per heavy atom. The first-order valence-electron chi connectivity index (χ1n) is 5.65. The number of rotatable bonds is 3. The number of nitrogens with two attached hydrogens (primary N) is 2. The van der Waals surface area contributed by atoms with E-state index in [-0.39, 0.29) is 0 Å². The molecule has 0 aliphatic rings. The maximum absolute atomic E-state index is 5.69. The van der Waals surface area contributed by atoms with Crippen LogP contribution >= 0.6 is 0 Å². The number of benzene rings is 1. The average molecular weight is 228 g/mol. The van der Waals surface area contributed by atoms with Gasteiger partial charge >= 0.3 is 0 Å². The lowest BCUT2D eigenvalue weighted by atomic mass is 10.1. The summed E-state index contributed by atoms with van der Waals surface area (Å²) < 4.78 is 0. The molecular formula is C13H16N4. The quantitative estimate of drug-likeness (QED) is 0.839. The Bertz CT molecular complexity index is 505. The van der Waals surface area contributed by atoms with Crippen molar-refractivity contribution in [1.29, 1.82) is 0 Å². The van der Waals surface area contributed by atoms with Crippen molar-refractivity contribution in [2.75, 3.05) is 5.73 Å². The van der Waals surface area contributed by atoms with Crippen molar-refractivity contribution in [3.8, 4) is 11.3 Å². The molecule has 0 radical (unpaired) electrons. The first-order valence-corrected chi connectivity index (χ1v) is 5.65. The third kappa shape index (κ3) is 2.60. The van der Waals surface area contributed by atoms with Crippen molar-refractivity contribution in [2.24, 2.45) is 5.73 Å². The summed E-state index contributed by atoms with van der Waals surface area (Å²) in [6.07, 6.45) is 0.848. The van der Waals surface area contributed by atoms with Crippen molar-refractivity contribution in [2.45, 2.75) is 19.9 Å². The van der Waals surface area contributed by atoms with E-state index < -0.39 is 0 Å². The summed E-state index contributed by atoms with van der Waals surface area (Å²) in [4.78, 5) is 8.40. The van der Waals surface area contributed by atoms with Crippen molar-refractivity contribution >= 4 is 5.95 Å². The molecule has 0 saturated heterocycles. The van der Waals surface area contributed by atoms with Crippen LogP contribution in [0.2, 0.25) is 0 Å². The number of aromatic nitrogens is 2. The Morgan fingerprint density at radius 2 is 1.82 bits per heavy atom. The summed E-state index contributed by atoms with van der Waals surface area (Å²) in [6.45, 7) is 2.59. The van der Waals surface area contributed by atoms with Gasteiger partial charge in [-0.15, -0.1) is 0 Å². The van der Waals surface area contributed by atoms with Crippen LogP contribution in [0.15, 0.2) is 30.3 Å². The van der Waals surface area contributed by atoms with Crippen LogP contribution in [0.3, 0.4) is 0 Å². The second-order valence-electron chi connectivity index (χ2n) is 3.86. The Balaban J connectivity index is 2.41. The van der Waals surface area contributed by atoms with Gasteiger partial charge in [-0.2, -0.15) is 0 Å². The molecule has 2 rings (SSSR count). The van der Waals surface area contributed by atoms with Gasteiger partial charge in [-0.05, 0) is 18.1 Å². The number of nitrogen functional groups attached to an aromatic ring is 1. The number of hydrogen-bond acceptors (Lipinski definition) is 4. The van der Waals surface area contributed by atoms with Gasteiger partial charge in [-0.3, -0.25) is 0 Å². The minimum absolute atomic E-state index is 0.322. The molecular weight excluding hydrogens is 212 g/mol. The van der Waals surface area contributed by atoms with E-state index in [4.69, 9.17) is 11.5 Å². The summed E-state index contributed by atoms with van der Waals surface area (Å²) >= 11 is 0. The molecule has 0 saturated carbocycles. The van der Waals surface area contributed by atoms with Gasteiger partial charge in [0.2, 0.25) is 5.95 Å². The van der Waals surface area contributed by atoms with Crippen LogP contribution in [-0.4, -0.2) is 9.97 Å². The molecule has 0 atom stereocenters. The lowest BCUT2D eigenvalue weighted by molar-refractivity contribution is 1.01. The van der Waals surface area contributed by atoms with Gasteiger partial charge in [-0.25, -0.2) is 9.97 Å². The van der Waals surface area contributed by atoms with E-state index in [2.05, 4.69) is 9.97 Å². The highest BCUT2D eigenvalue weighted by atomic mass is 15.0. The molecule has 0 unspecified atom stereocenters. The molecule has 0 amide bonds. The largest absolute Gasteiger partial charge is 0.368 e. The van der Waals surface area contributed by atoms with E-state index in [1.165, 1.54) is 0 Å². The second kappa shape index (κ2) is 4.93. The monoisotopic (exact) mass is 228 g/mol. The molecule has 17 heavy (non-hydrogen) atoms. The number of anilines is 1. The van der Waals surface area contributed by atoms with Gasteiger partial charge in [0.1, 0.15) is 0 Å². The molecule has 88 valence electrons. The summed E-state index contributed by atoms with van der Waals surface area (Å²) in [7, 11) is 0. The van der Waals surface area contributed by atoms with Crippen molar-refractivity contribution in [3.05, 3.63) is 41.6 Å². The Morgan fingerprint density at radius 3 is 2.41 bits per heavy atom. The number of aryl methyl sites for hydroxylation is 1. The van der Waals surface area contributed by atoms with Crippen LogP contribution in [0.25, 0.3) is 11.3 Å². The summed E-state index contributed by atoms with van der Waals surface area (Å²) in [5, 5.41) is 0. The molecule has 0 aliphatic carbocycles. The standard InChI is InChI=1S/C13H16N4/c1-2-11-7-12(17-13(15)16-11)10-5-3-9(8-14)4-6-10/h3-7H,2,8,14H2,1H3,(H2,15,16,17). The van der Waals surface area contributed by atoms with Crippen LogP contribution in [0.1, 0.15) is 18.2 Å². The molecule has 0 aliphatic heterocycles. The van der Waals surface area contributed by atoms with Crippen LogP contribution in [0.4, 0.5) is 5.95 Å². The highest BCUT2D eigenvalue weighted by Gasteiger charge is 2.03. The third-order valence-corrected chi connectivity index (χ3v) is 2.64. The van der Waals surface area contributed by atoms with Gasteiger partial charge in [0.05, 0.1) is 5.69 Å². The van der Waals surface area contributed by atoms with E-state index >= 15 is 0 Å². The predicted molar refractivity (Wildman–Crippen MR) is 69.1 cm³/mol. The van der Waals surface area contributed by atoms with Crippen LogP contribution in [0.5, 0.6) is 0 Å². The molecule has 2 aromatic rings. The van der Waals surface area contributed by atoms with Crippen LogP contribution < -0.4 is 11.5 Å². The van der Waals surface area contributed by atoms with E-state index in [1.807, 2.05) is 37.3 Å². The first-order chi connectivity index (χ1) is 8.22. The molecule has 1 aromatic heterocycles. The van der Waals surface area contributed by atoms with E-state index in [0.717, 1.165) is 28.9 Å². The van der Waals surface area contributed by atoms with Crippen molar-refractivity contribution < 1.29 is 0 Å². The lowest BCUT2D eigenvalue weighted by Crippen LogP contribution is -2.00. The fourth-order valence-electron chi connectivity index (χ4n) is 1.66. The fourth-order valence-corrected chi connectivity index (χ4v) is 1.66. The topological polar surface area (TPSA) is 77.8 Å². The van der Waals surface area contributed by atoms with Crippen molar-refractivity contribution in [1.82, 2.24) is 9.97 Å². The third-order valence-electron chi connectivity index (χ3n) is 2.64. The normalized spacial score (nSPS) is 10.5. The van der Waals surface area contributed by atoms with Crippen molar-refractivity contribution in [3.63, 3.8) is 0 Å². The van der Waals surface area contributed by atoms with E-state index in [0.29, 0.717) is 12.5 Å². The summed E-state index contributed by atoms with van der Waals surface area (Å²) in [5.74, 6) is 0.322. The van der Waals surface area contributed by atoms with Crippen LogP contribution in [0, 0.1) is 0 Å². The zero-order valence-electron chi connectivity index (χ0n) is 9.85. The second-order valence-corrected chi connectivity index (χ2v) is 3.86. The molecule has 0 fully saturated rings. The molecule has 0 bridgehead atoms. The minimum atomic E-state index is 0.322. The minimum Gasteiger partial charge on any atom is -0.368 e. The Hall–Kier alpha value is -1.94. The maximum atomic E-state index is 5.69. The van der Waals surface area contributed by atoms with E-state index in [9.17, 15) is 0 Å². The van der Waals surface area contributed by atoms with Gasteiger partial charge < -0.3 is 11.5 Å². The molecule has 1 aromatic carbocycles. The average Bonchev–Trinajstić information content (AvgIpc) is 2.38. The Labute approximate surface area is 101 Å². The molecule has 0 spiro atoms. The molecule has 4 N–H and O–H groups in total. The SMILES string of the molecule is CCc1cc(-c2ccc(CN)cc2)nc(N)n1. The smallest absolute Gasteiger partial charge is 0.220 e. The highest BCUT2D eigenvalue weighted by molar-refractivity contribution is 5.60. The first kappa shape index (κ1) is 11.5. The summed E-state index contributed by atoms with van der Waals surface area (Å²) in [5.41, 5.74) is 15.2.